The summed E-state index contributed by atoms with van der Waals surface area (Å²) in [5.41, 5.74) is 0.860. The number of nitro groups is 1. The van der Waals surface area contributed by atoms with Crippen molar-refractivity contribution in [1.82, 2.24) is 15.5 Å². The van der Waals surface area contributed by atoms with Gasteiger partial charge in [-0.15, -0.1) is 0 Å². The highest BCUT2D eigenvalue weighted by molar-refractivity contribution is 6.00. The van der Waals surface area contributed by atoms with E-state index in [1.54, 1.807) is 38.5 Å². The fourth-order valence-electron chi connectivity index (χ4n) is 1.98. The van der Waals surface area contributed by atoms with Crippen LogP contribution in [0.4, 0.5) is 11.4 Å². The van der Waals surface area contributed by atoms with Crippen molar-refractivity contribution in [3.8, 4) is 0 Å². The van der Waals surface area contributed by atoms with Gasteiger partial charge in [0.15, 0.2) is 0 Å². The third kappa shape index (κ3) is 2.99. The number of nitrogens with one attached hydrogen (secondary N) is 3. The Labute approximate surface area is 120 Å². The second-order valence-electron chi connectivity index (χ2n) is 4.44. The van der Waals surface area contributed by atoms with E-state index in [1.807, 2.05) is 0 Å². The van der Waals surface area contributed by atoms with E-state index in [0.717, 1.165) is 5.56 Å². The topological polar surface area (TPSA) is 113 Å². The maximum atomic E-state index is 12.3. The first-order chi connectivity index (χ1) is 10.0. The van der Waals surface area contributed by atoms with E-state index in [-0.39, 0.29) is 17.3 Å². The average molecular weight is 289 g/mol. The highest BCUT2D eigenvalue weighted by Crippen LogP contribution is 2.28. The average Bonchev–Trinajstić information content (AvgIpc) is 3.00. The normalized spacial score (nSPS) is 11.7. The molecule has 0 saturated heterocycles. The van der Waals surface area contributed by atoms with Gasteiger partial charge in [0.2, 0.25) is 0 Å². The molecule has 8 nitrogen and oxygen atoms in total. The van der Waals surface area contributed by atoms with Crippen LogP contribution in [0.15, 0.2) is 30.6 Å². The molecule has 0 aliphatic rings. The number of para-hydroxylation sites is 1. The molecule has 0 spiro atoms. The quantitative estimate of drug-likeness (QED) is 0.574. The van der Waals surface area contributed by atoms with Crippen molar-refractivity contribution in [1.29, 1.82) is 0 Å². The van der Waals surface area contributed by atoms with E-state index in [9.17, 15) is 14.9 Å². The van der Waals surface area contributed by atoms with Gasteiger partial charge in [0, 0.05) is 18.8 Å². The van der Waals surface area contributed by atoms with Gasteiger partial charge >= 0.3 is 5.69 Å². The molecule has 0 aliphatic heterocycles. The summed E-state index contributed by atoms with van der Waals surface area (Å²) in [7, 11) is 1.57. The fourth-order valence-corrected chi connectivity index (χ4v) is 1.98. The standard InChI is InChI=1S/C13H15N5O3/c1-8(9-6-15-16-7-9)17-13(19)10-4-3-5-11(14-2)12(10)18(20)21/h3-8,14H,1-2H3,(H,15,16)(H,17,19). The van der Waals surface area contributed by atoms with Crippen LogP contribution in [0, 0.1) is 10.1 Å². The van der Waals surface area contributed by atoms with E-state index >= 15 is 0 Å². The van der Waals surface area contributed by atoms with E-state index in [2.05, 4.69) is 20.8 Å². The third-order valence-electron chi connectivity index (χ3n) is 3.10. The van der Waals surface area contributed by atoms with Crippen LogP contribution in [-0.4, -0.2) is 28.1 Å². The molecule has 2 rings (SSSR count). The van der Waals surface area contributed by atoms with Crippen LogP contribution in [0.2, 0.25) is 0 Å². The van der Waals surface area contributed by atoms with E-state index in [1.165, 1.54) is 6.07 Å². The number of carbonyl (C=O) groups is 1. The van der Waals surface area contributed by atoms with Gasteiger partial charge in [0.1, 0.15) is 11.3 Å². The molecule has 1 unspecified atom stereocenters. The first-order valence-corrected chi connectivity index (χ1v) is 6.29. The van der Waals surface area contributed by atoms with Crippen molar-refractivity contribution >= 4 is 17.3 Å². The zero-order valence-corrected chi connectivity index (χ0v) is 11.6. The zero-order valence-electron chi connectivity index (χ0n) is 11.6. The number of hydrogen-bond acceptors (Lipinski definition) is 5. The minimum Gasteiger partial charge on any atom is -0.383 e. The van der Waals surface area contributed by atoms with E-state index in [4.69, 9.17) is 0 Å². The fraction of sp³-hybridized carbons (Fsp3) is 0.231. The van der Waals surface area contributed by atoms with Gasteiger partial charge in [-0.2, -0.15) is 5.10 Å². The highest BCUT2D eigenvalue weighted by Gasteiger charge is 2.25. The zero-order chi connectivity index (χ0) is 15.4. The van der Waals surface area contributed by atoms with Crippen molar-refractivity contribution in [3.63, 3.8) is 0 Å². The third-order valence-corrected chi connectivity index (χ3v) is 3.10. The van der Waals surface area contributed by atoms with Crippen molar-refractivity contribution in [2.24, 2.45) is 0 Å². The smallest absolute Gasteiger partial charge is 0.305 e. The Kier molecular flexibility index (Phi) is 4.17. The molecule has 1 atom stereocenters. The number of rotatable bonds is 5. The Bertz CT molecular complexity index is 654. The molecule has 1 aromatic carbocycles. The summed E-state index contributed by atoms with van der Waals surface area (Å²) in [5, 5.41) is 23.1. The largest absolute Gasteiger partial charge is 0.383 e. The minimum absolute atomic E-state index is 0.0159. The van der Waals surface area contributed by atoms with Crippen LogP contribution in [0.3, 0.4) is 0 Å². The number of aromatic amines is 1. The molecule has 1 heterocycles. The summed E-state index contributed by atoms with van der Waals surface area (Å²) in [6, 6.07) is 4.26. The number of anilines is 1. The number of hydrogen-bond donors (Lipinski definition) is 3. The summed E-state index contributed by atoms with van der Waals surface area (Å²) in [5.74, 6) is -0.507. The minimum atomic E-state index is -0.566. The Morgan fingerprint density at radius 1 is 1.48 bits per heavy atom. The van der Waals surface area contributed by atoms with Crippen LogP contribution < -0.4 is 10.6 Å². The van der Waals surface area contributed by atoms with Gasteiger partial charge in [0.05, 0.1) is 17.2 Å². The molecule has 0 aliphatic carbocycles. The summed E-state index contributed by atoms with van der Waals surface area (Å²) < 4.78 is 0. The maximum absolute atomic E-state index is 12.3. The van der Waals surface area contributed by atoms with Crippen LogP contribution in [0.1, 0.15) is 28.9 Å². The number of amides is 1. The molecular weight excluding hydrogens is 274 g/mol. The summed E-state index contributed by atoms with van der Waals surface area (Å²) in [6.07, 6.45) is 3.24. The maximum Gasteiger partial charge on any atom is 0.305 e. The second kappa shape index (κ2) is 6.04. The van der Waals surface area contributed by atoms with E-state index in [0.29, 0.717) is 5.69 Å². The van der Waals surface area contributed by atoms with Gasteiger partial charge in [-0.1, -0.05) is 6.07 Å². The molecule has 3 N–H and O–H groups in total. The first kappa shape index (κ1) is 14.5. The van der Waals surface area contributed by atoms with Crippen LogP contribution >= 0.6 is 0 Å². The first-order valence-electron chi connectivity index (χ1n) is 6.29. The number of nitrogens with zero attached hydrogens (tertiary/aromatic N) is 2. The van der Waals surface area contributed by atoms with Crippen LogP contribution in [0.5, 0.6) is 0 Å². The van der Waals surface area contributed by atoms with Crippen molar-refractivity contribution < 1.29 is 9.72 Å². The predicted molar refractivity (Wildman–Crippen MR) is 77.1 cm³/mol. The lowest BCUT2D eigenvalue weighted by Gasteiger charge is -2.13. The van der Waals surface area contributed by atoms with Gasteiger partial charge in [-0.25, -0.2) is 0 Å². The monoisotopic (exact) mass is 289 g/mol. The molecule has 0 saturated carbocycles. The Hall–Kier alpha value is -2.90. The number of nitro benzene ring substituents is 1. The predicted octanol–water partition coefficient (Wildman–Crippen LogP) is 1.85. The lowest BCUT2D eigenvalue weighted by Crippen LogP contribution is -2.27. The van der Waals surface area contributed by atoms with Gasteiger partial charge < -0.3 is 10.6 Å². The van der Waals surface area contributed by atoms with Crippen molar-refractivity contribution in [2.75, 3.05) is 12.4 Å². The number of H-pyrrole nitrogens is 1. The van der Waals surface area contributed by atoms with Crippen LogP contribution in [0.25, 0.3) is 0 Å². The molecule has 0 bridgehead atoms. The number of aromatic nitrogens is 2. The Morgan fingerprint density at radius 2 is 2.24 bits per heavy atom. The molecule has 21 heavy (non-hydrogen) atoms. The molecule has 0 radical (unpaired) electrons. The summed E-state index contributed by atoms with van der Waals surface area (Å²) in [4.78, 5) is 22.9. The number of benzene rings is 1. The lowest BCUT2D eigenvalue weighted by molar-refractivity contribution is -0.384. The Balaban J connectivity index is 2.29. The van der Waals surface area contributed by atoms with Crippen LogP contribution in [-0.2, 0) is 0 Å². The molecule has 1 amide bonds. The SMILES string of the molecule is CNc1cccc(C(=O)NC(C)c2cn[nH]c2)c1[N+](=O)[O-]. The second-order valence-corrected chi connectivity index (χ2v) is 4.44. The lowest BCUT2D eigenvalue weighted by atomic mass is 10.1. The molecule has 2 aromatic rings. The van der Waals surface area contributed by atoms with E-state index < -0.39 is 10.8 Å². The molecule has 110 valence electrons. The van der Waals surface area contributed by atoms with Crippen molar-refractivity contribution in [2.45, 2.75) is 13.0 Å². The van der Waals surface area contributed by atoms with Crippen molar-refractivity contribution in [3.05, 3.63) is 51.8 Å². The van der Waals surface area contributed by atoms with Gasteiger partial charge in [0.25, 0.3) is 5.91 Å². The molecular formula is C13H15N5O3. The highest BCUT2D eigenvalue weighted by atomic mass is 16.6. The molecule has 1 aromatic heterocycles. The Morgan fingerprint density at radius 3 is 2.81 bits per heavy atom. The number of carbonyl (C=O) groups excluding carboxylic acids is 1. The van der Waals surface area contributed by atoms with Gasteiger partial charge in [-0.3, -0.25) is 20.0 Å². The summed E-state index contributed by atoms with van der Waals surface area (Å²) >= 11 is 0. The molecule has 8 heteroatoms. The van der Waals surface area contributed by atoms with Gasteiger partial charge in [-0.05, 0) is 19.1 Å². The molecule has 0 fully saturated rings. The summed E-state index contributed by atoms with van der Waals surface area (Å²) in [6.45, 7) is 1.77.